The number of alkyl carbamates (subject to hydrolysis) is 1. The molecule has 18 heavy (non-hydrogen) atoms. The number of nitrogens with zero attached hydrogens (tertiary/aromatic N) is 1. The van der Waals surface area contributed by atoms with Gasteiger partial charge in [-0.15, -0.1) is 0 Å². The summed E-state index contributed by atoms with van der Waals surface area (Å²) in [5.41, 5.74) is -1.78. The predicted octanol–water partition coefficient (Wildman–Crippen LogP) is 1.35. The molecule has 0 bridgehead atoms. The van der Waals surface area contributed by atoms with Crippen LogP contribution in [0.15, 0.2) is 5.16 Å². The number of carboxylic acids is 1. The lowest BCUT2D eigenvalue weighted by molar-refractivity contribution is -0.144. The Hall–Kier alpha value is -1.79. The molecule has 0 aromatic rings. The summed E-state index contributed by atoms with van der Waals surface area (Å²) in [5.74, 6) is -1.16. The van der Waals surface area contributed by atoms with Gasteiger partial charge in [-0.05, 0) is 33.6 Å². The fourth-order valence-corrected chi connectivity index (χ4v) is 1.81. The third-order valence-corrected chi connectivity index (χ3v) is 2.64. The van der Waals surface area contributed by atoms with Gasteiger partial charge in [0.05, 0.1) is 5.71 Å². The smallest absolute Gasteiger partial charge is 0.408 e. The van der Waals surface area contributed by atoms with Crippen LogP contribution in [0.2, 0.25) is 0 Å². The van der Waals surface area contributed by atoms with Crippen LogP contribution in [0.4, 0.5) is 4.79 Å². The van der Waals surface area contributed by atoms with Crippen LogP contribution in [0.25, 0.3) is 0 Å². The van der Waals surface area contributed by atoms with Crippen LogP contribution in [0.1, 0.15) is 40.0 Å². The lowest BCUT2D eigenvalue weighted by atomic mass is 9.98. The molecule has 0 spiro atoms. The summed E-state index contributed by atoms with van der Waals surface area (Å²) in [6.07, 6.45) is -0.290. The second kappa shape index (κ2) is 4.83. The Morgan fingerprint density at radius 2 is 2.06 bits per heavy atom. The number of nitrogens with one attached hydrogen (secondary N) is 1. The minimum Gasteiger partial charge on any atom is -0.479 e. The van der Waals surface area contributed by atoms with Gasteiger partial charge in [0, 0.05) is 6.42 Å². The molecule has 1 aliphatic carbocycles. The number of carbonyl (C=O) groups excluding carboxylic acids is 1. The van der Waals surface area contributed by atoms with Gasteiger partial charge in [-0.25, -0.2) is 9.59 Å². The van der Waals surface area contributed by atoms with Crippen molar-refractivity contribution in [2.24, 2.45) is 5.16 Å². The molecule has 1 unspecified atom stereocenters. The van der Waals surface area contributed by atoms with Gasteiger partial charge in [0.15, 0.2) is 0 Å². The largest absolute Gasteiger partial charge is 0.479 e. The molecule has 0 aliphatic heterocycles. The van der Waals surface area contributed by atoms with E-state index in [9.17, 15) is 14.7 Å². The standard InChI is InChI=1S/C11H18N2O5/c1-10(2,3)18-9(16)12-11(8(14)15)5-4-7(6-11)13-17/h17H,4-6H2,1-3H3,(H,12,16)(H,14,15). The summed E-state index contributed by atoms with van der Waals surface area (Å²) in [7, 11) is 0. The van der Waals surface area contributed by atoms with Gasteiger partial charge in [0.25, 0.3) is 0 Å². The number of hydrogen-bond donors (Lipinski definition) is 3. The van der Waals surface area contributed by atoms with Gasteiger partial charge in [-0.3, -0.25) is 0 Å². The molecule has 1 rings (SSSR count). The van der Waals surface area contributed by atoms with E-state index < -0.39 is 23.2 Å². The minimum atomic E-state index is -1.44. The molecule has 1 atom stereocenters. The highest BCUT2D eigenvalue weighted by Crippen LogP contribution is 2.28. The highest BCUT2D eigenvalue weighted by atomic mass is 16.6. The second-order valence-electron chi connectivity index (χ2n) is 5.36. The van der Waals surface area contributed by atoms with E-state index in [1.807, 2.05) is 0 Å². The molecule has 1 amide bonds. The quantitative estimate of drug-likeness (QED) is 0.511. The highest BCUT2D eigenvalue weighted by molar-refractivity contribution is 5.97. The molecule has 1 fully saturated rings. The van der Waals surface area contributed by atoms with Crippen molar-refractivity contribution in [1.29, 1.82) is 0 Å². The van der Waals surface area contributed by atoms with Crippen LogP contribution in [0, 0.1) is 0 Å². The molecule has 7 nitrogen and oxygen atoms in total. The zero-order chi connectivity index (χ0) is 14.0. The maximum atomic E-state index is 11.6. The molecule has 1 saturated carbocycles. The number of carbonyl (C=O) groups is 2. The normalized spacial score (nSPS) is 26.1. The van der Waals surface area contributed by atoms with E-state index in [1.165, 1.54) is 0 Å². The number of amides is 1. The van der Waals surface area contributed by atoms with Gasteiger partial charge in [-0.2, -0.15) is 0 Å². The summed E-state index contributed by atoms with van der Waals surface area (Å²) in [5, 5.41) is 23.2. The minimum absolute atomic E-state index is 0.0158. The Bertz CT molecular complexity index is 385. The third kappa shape index (κ3) is 3.35. The van der Waals surface area contributed by atoms with E-state index in [1.54, 1.807) is 20.8 Å². The predicted molar refractivity (Wildman–Crippen MR) is 62.8 cm³/mol. The van der Waals surface area contributed by atoms with Crippen LogP contribution >= 0.6 is 0 Å². The average Bonchev–Trinajstić information content (AvgIpc) is 2.59. The first-order valence-corrected chi connectivity index (χ1v) is 5.63. The third-order valence-electron chi connectivity index (χ3n) is 2.64. The molecule has 102 valence electrons. The first-order valence-electron chi connectivity index (χ1n) is 5.63. The van der Waals surface area contributed by atoms with Crippen LogP contribution in [-0.4, -0.2) is 39.2 Å². The van der Waals surface area contributed by atoms with Crippen molar-refractivity contribution < 1.29 is 24.6 Å². The Morgan fingerprint density at radius 3 is 2.44 bits per heavy atom. The zero-order valence-electron chi connectivity index (χ0n) is 10.7. The number of rotatable bonds is 2. The molecule has 1 aliphatic rings. The van der Waals surface area contributed by atoms with Crippen molar-refractivity contribution in [3.05, 3.63) is 0 Å². The molecule has 0 heterocycles. The first-order chi connectivity index (χ1) is 8.18. The summed E-state index contributed by atoms with van der Waals surface area (Å²) in [6, 6.07) is 0. The van der Waals surface area contributed by atoms with Crippen LogP contribution < -0.4 is 5.32 Å². The fourth-order valence-electron chi connectivity index (χ4n) is 1.81. The van der Waals surface area contributed by atoms with Gasteiger partial charge < -0.3 is 20.4 Å². The van der Waals surface area contributed by atoms with Crippen molar-refractivity contribution in [2.75, 3.05) is 0 Å². The Kier molecular flexibility index (Phi) is 3.83. The fraction of sp³-hybridized carbons (Fsp3) is 0.727. The maximum Gasteiger partial charge on any atom is 0.408 e. The summed E-state index contributed by atoms with van der Waals surface area (Å²) >= 11 is 0. The van der Waals surface area contributed by atoms with Crippen molar-refractivity contribution >= 4 is 17.8 Å². The van der Waals surface area contributed by atoms with Crippen molar-refractivity contribution in [3.8, 4) is 0 Å². The summed E-state index contributed by atoms with van der Waals surface area (Å²) in [6.45, 7) is 5.07. The van der Waals surface area contributed by atoms with E-state index in [4.69, 9.17) is 9.94 Å². The van der Waals surface area contributed by atoms with E-state index in [0.717, 1.165) is 0 Å². The number of ether oxygens (including phenoxy) is 1. The van der Waals surface area contributed by atoms with Crippen molar-refractivity contribution in [1.82, 2.24) is 5.32 Å². The zero-order valence-corrected chi connectivity index (χ0v) is 10.7. The molecule has 0 saturated heterocycles. The van der Waals surface area contributed by atoms with E-state index in [-0.39, 0.29) is 12.8 Å². The molecule has 0 aromatic heterocycles. The molecular weight excluding hydrogens is 240 g/mol. The first kappa shape index (κ1) is 14.3. The number of oxime groups is 1. The van der Waals surface area contributed by atoms with Gasteiger partial charge in [0.1, 0.15) is 11.1 Å². The number of aliphatic carboxylic acids is 1. The molecule has 7 heteroatoms. The monoisotopic (exact) mass is 258 g/mol. The van der Waals surface area contributed by atoms with E-state index >= 15 is 0 Å². The second-order valence-corrected chi connectivity index (χ2v) is 5.36. The summed E-state index contributed by atoms with van der Waals surface area (Å²) < 4.78 is 5.03. The van der Waals surface area contributed by atoms with E-state index in [0.29, 0.717) is 12.1 Å². The van der Waals surface area contributed by atoms with Crippen LogP contribution in [0.5, 0.6) is 0 Å². The lowest BCUT2D eigenvalue weighted by Crippen LogP contribution is -2.54. The van der Waals surface area contributed by atoms with E-state index in [2.05, 4.69) is 10.5 Å². The Labute approximate surface area is 105 Å². The SMILES string of the molecule is CC(C)(C)OC(=O)NC1(C(=O)O)CCC(=NO)C1. The number of hydrogen-bond acceptors (Lipinski definition) is 5. The Morgan fingerprint density at radius 1 is 1.44 bits per heavy atom. The molecule has 0 aromatic carbocycles. The maximum absolute atomic E-state index is 11.6. The van der Waals surface area contributed by atoms with Crippen LogP contribution in [-0.2, 0) is 9.53 Å². The topological polar surface area (TPSA) is 108 Å². The van der Waals surface area contributed by atoms with Gasteiger partial charge in [-0.1, -0.05) is 5.16 Å². The molecule has 0 radical (unpaired) electrons. The highest BCUT2D eigenvalue weighted by Gasteiger charge is 2.46. The summed E-state index contributed by atoms with van der Waals surface area (Å²) in [4.78, 5) is 22.9. The van der Waals surface area contributed by atoms with Crippen LogP contribution in [0.3, 0.4) is 0 Å². The average molecular weight is 258 g/mol. The Balaban J connectivity index is 2.77. The van der Waals surface area contributed by atoms with Crippen molar-refractivity contribution in [2.45, 2.75) is 51.2 Å². The molecule has 3 N–H and O–H groups in total. The van der Waals surface area contributed by atoms with Gasteiger partial charge in [0.2, 0.25) is 0 Å². The lowest BCUT2D eigenvalue weighted by Gasteiger charge is -2.27. The van der Waals surface area contributed by atoms with Gasteiger partial charge >= 0.3 is 12.1 Å². The number of carboxylic acid groups (broad SMARTS) is 1. The van der Waals surface area contributed by atoms with Crippen molar-refractivity contribution in [3.63, 3.8) is 0 Å². The molecular formula is C11H18N2O5.